The molecule has 0 aliphatic carbocycles. The van der Waals surface area contributed by atoms with Crippen molar-refractivity contribution in [2.24, 2.45) is 0 Å². The Morgan fingerprint density at radius 2 is 2.26 bits per heavy atom. The van der Waals surface area contributed by atoms with Crippen molar-refractivity contribution in [2.45, 2.75) is 18.4 Å². The maximum Gasteiger partial charge on any atom is 0.250 e. The SMILES string of the molecule is COCCN(C)C(=O)C1(n2cccn2)CCNCC1. The van der Waals surface area contributed by atoms with Gasteiger partial charge in [0, 0.05) is 33.1 Å². The molecule has 1 aliphatic rings. The van der Waals surface area contributed by atoms with Gasteiger partial charge in [0.25, 0.3) is 0 Å². The van der Waals surface area contributed by atoms with Gasteiger partial charge in [-0.05, 0) is 32.0 Å². The predicted octanol–water partition coefficient (Wildman–Crippen LogP) is 0.0666. The number of amides is 1. The largest absolute Gasteiger partial charge is 0.383 e. The van der Waals surface area contributed by atoms with E-state index < -0.39 is 5.54 Å². The molecule has 2 rings (SSSR count). The van der Waals surface area contributed by atoms with E-state index in [1.54, 1.807) is 18.2 Å². The summed E-state index contributed by atoms with van der Waals surface area (Å²) in [4.78, 5) is 14.6. The molecule has 106 valence electrons. The minimum Gasteiger partial charge on any atom is -0.383 e. The number of piperidine rings is 1. The second-order valence-corrected chi connectivity index (χ2v) is 4.95. The average molecular weight is 266 g/mol. The van der Waals surface area contributed by atoms with Gasteiger partial charge < -0.3 is 15.0 Å². The van der Waals surface area contributed by atoms with Crippen LogP contribution < -0.4 is 5.32 Å². The van der Waals surface area contributed by atoms with Gasteiger partial charge in [-0.1, -0.05) is 0 Å². The van der Waals surface area contributed by atoms with Gasteiger partial charge in [-0.2, -0.15) is 5.10 Å². The normalized spacial score (nSPS) is 18.2. The quantitative estimate of drug-likeness (QED) is 0.819. The molecule has 0 aromatic carbocycles. The number of aromatic nitrogens is 2. The molecular formula is C13H22N4O2. The summed E-state index contributed by atoms with van der Waals surface area (Å²) in [5.74, 6) is 0.120. The van der Waals surface area contributed by atoms with E-state index in [2.05, 4.69) is 10.4 Å². The van der Waals surface area contributed by atoms with Crippen LogP contribution in [0.5, 0.6) is 0 Å². The summed E-state index contributed by atoms with van der Waals surface area (Å²) in [5, 5.41) is 7.61. The molecule has 0 bridgehead atoms. The van der Waals surface area contributed by atoms with Crippen LogP contribution in [-0.2, 0) is 15.1 Å². The third-order valence-corrected chi connectivity index (χ3v) is 3.75. The topological polar surface area (TPSA) is 59.4 Å². The highest BCUT2D eigenvalue weighted by atomic mass is 16.5. The zero-order valence-corrected chi connectivity index (χ0v) is 11.6. The van der Waals surface area contributed by atoms with Crippen molar-refractivity contribution in [3.05, 3.63) is 18.5 Å². The summed E-state index contributed by atoms with van der Waals surface area (Å²) in [6.07, 6.45) is 5.15. The Bertz CT molecular complexity index is 399. The van der Waals surface area contributed by atoms with Crippen LogP contribution in [0.4, 0.5) is 0 Å². The lowest BCUT2D eigenvalue weighted by Crippen LogP contribution is -2.55. The Morgan fingerprint density at radius 1 is 1.53 bits per heavy atom. The van der Waals surface area contributed by atoms with Gasteiger partial charge in [0.1, 0.15) is 5.54 Å². The molecule has 1 amide bonds. The number of nitrogens with one attached hydrogen (secondary N) is 1. The second kappa shape index (κ2) is 6.16. The molecule has 1 aromatic rings. The van der Waals surface area contributed by atoms with E-state index in [1.165, 1.54) is 0 Å². The van der Waals surface area contributed by atoms with Crippen molar-refractivity contribution >= 4 is 5.91 Å². The monoisotopic (exact) mass is 266 g/mol. The third-order valence-electron chi connectivity index (χ3n) is 3.75. The van der Waals surface area contributed by atoms with Crippen molar-refractivity contribution in [3.63, 3.8) is 0 Å². The molecule has 19 heavy (non-hydrogen) atoms. The van der Waals surface area contributed by atoms with Gasteiger partial charge in [0.05, 0.1) is 6.61 Å². The molecule has 1 N–H and O–H groups in total. The maximum atomic E-state index is 12.8. The van der Waals surface area contributed by atoms with E-state index in [0.29, 0.717) is 13.2 Å². The van der Waals surface area contributed by atoms with Gasteiger partial charge in [0.15, 0.2) is 0 Å². The van der Waals surface area contributed by atoms with Crippen molar-refractivity contribution in [1.29, 1.82) is 0 Å². The number of carbonyl (C=O) groups excluding carboxylic acids is 1. The van der Waals surface area contributed by atoms with Crippen molar-refractivity contribution in [2.75, 3.05) is 40.4 Å². The Kier molecular flexibility index (Phi) is 4.55. The number of carbonyl (C=O) groups is 1. The first-order valence-electron chi connectivity index (χ1n) is 6.66. The van der Waals surface area contributed by atoms with Crippen LogP contribution in [0, 0.1) is 0 Å². The van der Waals surface area contributed by atoms with Crippen LogP contribution in [0.15, 0.2) is 18.5 Å². The van der Waals surface area contributed by atoms with Crippen molar-refractivity contribution in [1.82, 2.24) is 20.0 Å². The zero-order chi connectivity index (χ0) is 13.7. The Balaban J connectivity index is 2.20. The van der Waals surface area contributed by atoms with Crippen LogP contribution >= 0.6 is 0 Å². The molecule has 0 saturated carbocycles. The fourth-order valence-electron chi connectivity index (χ4n) is 2.59. The summed E-state index contributed by atoms with van der Waals surface area (Å²) >= 11 is 0. The first-order chi connectivity index (χ1) is 9.20. The fraction of sp³-hybridized carbons (Fsp3) is 0.692. The van der Waals surface area contributed by atoms with Crippen LogP contribution in [-0.4, -0.2) is 61.0 Å². The highest BCUT2D eigenvalue weighted by molar-refractivity contribution is 5.84. The van der Waals surface area contributed by atoms with E-state index in [-0.39, 0.29) is 5.91 Å². The molecule has 0 unspecified atom stereocenters. The molecule has 1 fully saturated rings. The average Bonchev–Trinajstić information content (AvgIpc) is 2.99. The van der Waals surface area contributed by atoms with E-state index >= 15 is 0 Å². The first-order valence-corrected chi connectivity index (χ1v) is 6.66. The lowest BCUT2D eigenvalue weighted by molar-refractivity contribution is -0.142. The number of likely N-dealkylation sites (N-methyl/N-ethyl adjacent to an activating group) is 1. The van der Waals surface area contributed by atoms with Crippen molar-refractivity contribution < 1.29 is 9.53 Å². The summed E-state index contributed by atoms with van der Waals surface area (Å²) < 4.78 is 6.86. The fourth-order valence-corrected chi connectivity index (χ4v) is 2.59. The molecule has 0 atom stereocenters. The molecule has 6 heteroatoms. The van der Waals surface area contributed by atoms with Crippen molar-refractivity contribution in [3.8, 4) is 0 Å². The summed E-state index contributed by atoms with van der Waals surface area (Å²) in [5.41, 5.74) is -0.544. The van der Waals surface area contributed by atoms with E-state index in [9.17, 15) is 4.79 Å². The lowest BCUT2D eigenvalue weighted by Gasteiger charge is -2.39. The third kappa shape index (κ3) is 2.79. The minimum absolute atomic E-state index is 0.120. The van der Waals surface area contributed by atoms with Crippen LogP contribution in [0.2, 0.25) is 0 Å². The summed E-state index contributed by atoms with van der Waals surface area (Å²) in [7, 11) is 3.47. The Morgan fingerprint density at radius 3 is 2.84 bits per heavy atom. The summed E-state index contributed by atoms with van der Waals surface area (Å²) in [6, 6.07) is 1.87. The number of hydrogen-bond donors (Lipinski definition) is 1. The maximum absolute atomic E-state index is 12.8. The molecule has 1 aliphatic heterocycles. The predicted molar refractivity (Wildman–Crippen MR) is 71.8 cm³/mol. The van der Waals surface area contributed by atoms with Gasteiger partial charge in [0.2, 0.25) is 5.91 Å². The van der Waals surface area contributed by atoms with Gasteiger partial charge >= 0.3 is 0 Å². The highest BCUT2D eigenvalue weighted by Crippen LogP contribution is 2.28. The van der Waals surface area contributed by atoms with Gasteiger partial charge in [-0.25, -0.2) is 0 Å². The number of hydrogen-bond acceptors (Lipinski definition) is 4. The first kappa shape index (κ1) is 14.0. The molecule has 1 saturated heterocycles. The zero-order valence-electron chi connectivity index (χ0n) is 11.6. The second-order valence-electron chi connectivity index (χ2n) is 4.95. The minimum atomic E-state index is -0.544. The number of ether oxygens (including phenoxy) is 1. The van der Waals surface area contributed by atoms with Gasteiger partial charge in [-0.3, -0.25) is 9.48 Å². The van der Waals surface area contributed by atoms with E-state index in [0.717, 1.165) is 25.9 Å². The van der Waals surface area contributed by atoms with E-state index in [4.69, 9.17) is 4.74 Å². The molecule has 2 heterocycles. The standard InChI is InChI=1S/C13H22N4O2/c1-16(10-11-19-2)12(18)13(4-7-14-8-5-13)17-9-3-6-15-17/h3,6,9,14H,4-5,7-8,10-11H2,1-2H3. The van der Waals surface area contributed by atoms with Crippen LogP contribution in [0.3, 0.4) is 0 Å². The smallest absolute Gasteiger partial charge is 0.250 e. The lowest BCUT2D eigenvalue weighted by atomic mass is 9.87. The molecule has 0 spiro atoms. The Labute approximate surface area is 113 Å². The molecule has 0 radical (unpaired) electrons. The molecular weight excluding hydrogens is 244 g/mol. The summed E-state index contributed by atoms with van der Waals surface area (Å²) in [6.45, 7) is 2.83. The number of methoxy groups -OCH3 is 1. The van der Waals surface area contributed by atoms with Crippen LogP contribution in [0.25, 0.3) is 0 Å². The Hall–Kier alpha value is -1.40. The number of nitrogens with zero attached hydrogens (tertiary/aromatic N) is 3. The number of rotatable bonds is 5. The molecule has 1 aromatic heterocycles. The van der Waals surface area contributed by atoms with Crippen LogP contribution in [0.1, 0.15) is 12.8 Å². The van der Waals surface area contributed by atoms with E-state index in [1.807, 2.05) is 24.0 Å². The van der Waals surface area contributed by atoms with Gasteiger partial charge in [-0.15, -0.1) is 0 Å². The highest BCUT2D eigenvalue weighted by Gasteiger charge is 2.43. The molecule has 6 nitrogen and oxygen atoms in total.